The van der Waals surface area contributed by atoms with Crippen LogP contribution in [0.5, 0.6) is 0 Å². The maximum atomic E-state index is 4.19. The summed E-state index contributed by atoms with van der Waals surface area (Å²) in [5.74, 6) is 0. The lowest BCUT2D eigenvalue weighted by molar-refractivity contribution is 0.298. The quantitative estimate of drug-likeness (QED) is 0.730. The fourth-order valence-electron chi connectivity index (χ4n) is 1.89. The van der Waals surface area contributed by atoms with Crippen molar-refractivity contribution in [3.63, 3.8) is 0 Å². The number of rotatable bonds is 8. The number of nitrogens with zero attached hydrogens (tertiary/aromatic N) is 4. The zero-order chi connectivity index (χ0) is 14.3. The van der Waals surface area contributed by atoms with Crippen LogP contribution in [0.1, 0.15) is 46.7 Å². The number of hydrogen-bond acceptors (Lipinski definition) is 4. The molecule has 5 nitrogen and oxygen atoms in total. The summed E-state index contributed by atoms with van der Waals surface area (Å²) < 4.78 is 1.92. The van der Waals surface area contributed by atoms with Crippen molar-refractivity contribution < 1.29 is 0 Å². The molecule has 0 fully saturated rings. The minimum atomic E-state index is 0.00794. The summed E-state index contributed by atoms with van der Waals surface area (Å²) in [4.78, 5) is 2.44. The van der Waals surface area contributed by atoms with E-state index in [0.717, 1.165) is 38.4 Å². The molecule has 0 bridgehead atoms. The molecule has 0 radical (unpaired) electrons. The van der Waals surface area contributed by atoms with E-state index in [1.165, 1.54) is 6.42 Å². The number of hydrogen-bond donors (Lipinski definition) is 1. The lowest BCUT2D eigenvalue weighted by Gasteiger charge is -2.17. The van der Waals surface area contributed by atoms with Crippen LogP contribution in [0, 0.1) is 0 Å². The van der Waals surface area contributed by atoms with Crippen LogP contribution in [0.15, 0.2) is 6.20 Å². The van der Waals surface area contributed by atoms with Gasteiger partial charge in [0.15, 0.2) is 0 Å². The summed E-state index contributed by atoms with van der Waals surface area (Å²) in [5.41, 5.74) is 1.02. The Labute approximate surface area is 117 Å². The van der Waals surface area contributed by atoms with E-state index in [1.54, 1.807) is 0 Å². The van der Waals surface area contributed by atoms with E-state index >= 15 is 0 Å². The molecule has 0 aliphatic heterocycles. The summed E-state index contributed by atoms with van der Waals surface area (Å²) >= 11 is 0. The highest BCUT2D eigenvalue weighted by Crippen LogP contribution is 2.11. The molecule has 1 aromatic heterocycles. The molecule has 1 rings (SSSR count). The average molecular weight is 267 g/mol. The third-order valence-corrected chi connectivity index (χ3v) is 3.26. The largest absolute Gasteiger partial charge is 0.311 e. The van der Waals surface area contributed by atoms with E-state index in [2.05, 4.69) is 55.1 Å². The highest BCUT2D eigenvalue weighted by molar-refractivity contribution is 4.93. The highest BCUT2D eigenvalue weighted by atomic mass is 15.4. The fourth-order valence-corrected chi connectivity index (χ4v) is 1.89. The van der Waals surface area contributed by atoms with Crippen LogP contribution in [0.25, 0.3) is 0 Å². The van der Waals surface area contributed by atoms with Gasteiger partial charge in [-0.1, -0.05) is 19.1 Å². The van der Waals surface area contributed by atoms with Crippen LogP contribution in [0.3, 0.4) is 0 Å². The topological polar surface area (TPSA) is 46.0 Å². The number of aromatic nitrogens is 3. The van der Waals surface area contributed by atoms with E-state index in [0.29, 0.717) is 0 Å². The van der Waals surface area contributed by atoms with Crippen LogP contribution in [0.4, 0.5) is 0 Å². The third kappa shape index (κ3) is 5.70. The van der Waals surface area contributed by atoms with Gasteiger partial charge in [0.05, 0.1) is 17.4 Å². The van der Waals surface area contributed by atoms with Crippen molar-refractivity contribution in [1.29, 1.82) is 0 Å². The van der Waals surface area contributed by atoms with Crippen LogP contribution in [-0.2, 0) is 12.1 Å². The molecule has 0 spiro atoms. The molecule has 1 heterocycles. The third-order valence-electron chi connectivity index (χ3n) is 3.26. The van der Waals surface area contributed by atoms with Gasteiger partial charge in [0.2, 0.25) is 0 Å². The Kier molecular flexibility index (Phi) is 6.45. The Bertz CT molecular complexity index is 349. The molecule has 0 atom stereocenters. The maximum Gasteiger partial charge on any atom is 0.0965 e. The van der Waals surface area contributed by atoms with Crippen molar-refractivity contribution in [2.45, 2.75) is 53.1 Å². The van der Waals surface area contributed by atoms with E-state index in [4.69, 9.17) is 0 Å². The molecule has 19 heavy (non-hydrogen) atoms. The Balaban J connectivity index is 2.21. The molecule has 0 aromatic carbocycles. The van der Waals surface area contributed by atoms with E-state index in [1.807, 2.05) is 10.9 Å². The molecule has 1 N–H and O–H groups in total. The smallest absolute Gasteiger partial charge is 0.0965 e. The van der Waals surface area contributed by atoms with Crippen molar-refractivity contribution in [3.05, 3.63) is 11.9 Å². The van der Waals surface area contributed by atoms with Crippen molar-refractivity contribution >= 4 is 0 Å². The predicted molar refractivity (Wildman–Crippen MR) is 79.1 cm³/mol. The first-order valence-corrected chi connectivity index (χ1v) is 7.32. The predicted octanol–water partition coefficient (Wildman–Crippen LogP) is 1.85. The van der Waals surface area contributed by atoms with Crippen LogP contribution in [0.2, 0.25) is 0 Å². The summed E-state index contributed by atoms with van der Waals surface area (Å²) in [5, 5.41) is 11.8. The van der Waals surface area contributed by atoms with Crippen molar-refractivity contribution in [1.82, 2.24) is 25.2 Å². The normalized spacial score (nSPS) is 12.3. The Morgan fingerprint density at radius 1 is 1.26 bits per heavy atom. The first-order valence-electron chi connectivity index (χ1n) is 7.32. The van der Waals surface area contributed by atoms with Gasteiger partial charge in [0.1, 0.15) is 0 Å². The lowest BCUT2D eigenvalue weighted by atomic mass is 10.1. The van der Waals surface area contributed by atoms with Gasteiger partial charge < -0.3 is 10.2 Å². The maximum absolute atomic E-state index is 4.19. The molecule has 110 valence electrons. The second kappa shape index (κ2) is 7.60. The molecular weight excluding hydrogens is 238 g/mol. The molecule has 0 saturated heterocycles. The van der Waals surface area contributed by atoms with Gasteiger partial charge in [-0.05, 0) is 53.4 Å². The van der Waals surface area contributed by atoms with Crippen LogP contribution < -0.4 is 5.32 Å². The summed E-state index contributed by atoms with van der Waals surface area (Å²) in [6.07, 6.45) is 3.20. The monoisotopic (exact) mass is 267 g/mol. The SMILES string of the molecule is CCN(CC)CCCNCc1cn(C(C)(C)C)nn1. The Morgan fingerprint density at radius 3 is 2.47 bits per heavy atom. The van der Waals surface area contributed by atoms with Gasteiger partial charge >= 0.3 is 0 Å². The minimum absolute atomic E-state index is 0.00794. The van der Waals surface area contributed by atoms with Crippen molar-refractivity contribution in [2.75, 3.05) is 26.2 Å². The zero-order valence-electron chi connectivity index (χ0n) is 13.1. The van der Waals surface area contributed by atoms with Gasteiger partial charge in [0, 0.05) is 6.54 Å². The highest BCUT2D eigenvalue weighted by Gasteiger charge is 2.14. The van der Waals surface area contributed by atoms with Gasteiger partial charge in [-0.2, -0.15) is 0 Å². The van der Waals surface area contributed by atoms with Crippen LogP contribution >= 0.6 is 0 Å². The molecule has 0 aliphatic rings. The minimum Gasteiger partial charge on any atom is -0.311 e. The van der Waals surface area contributed by atoms with Crippen LogP contribution in [-0.4, -0.2) is 46.1 Å². The van der Waals surface area contributed by atoms with Gasteiger partial charge in [-0.25, -0.2) is 4.68 Å². The zero-order valence-corrected chi connectivity index (χ0v) is 13.1. The Hall–Kier alpha value is -0.940. The second-order valence-corrected chi connectivity index (χ2v) is 5.88. The van der Waals surface area contributed by atoms with E-state index < -0.39 is 0 Å². The van der Waals surface area contributed by atoms with Gasteiger partial charge in [0.25, 0.3) is 0 Å². The van der Waals surface area contributed by atoms with Crippen molar-refractivity contribution in [2.24, 2.45) is 0 Å². The van der Waals surface area contributed by atoms with E-state index in [-0.39, 0.29) is 5.54 Å². The first kappa shape index (κ1) is 16.1. The standard InChI is InChI=1S/C14H29N5/c1-6-18(7-2)10-8-9-15-11-13-12-19(17-16-13)14(3,4)5/h12,15H,6-11H2,1-5H3. The summed E-state index contributed by atoms with van der Waals surface area (Å²) in [7, 11) is 0. The molecule has 0 unspecified atom stereocenters. The van der Waals surface area contributed by atoms with E-state index in [9.17, 15) is 0 Å². The summed E-state index contributed by atoms with van der Waals surface area (Å²) in [6, 6.07) is 0. The van der Waals surface area contributed by atoms with Gasteiger partial charge in [-0.3, -0.25) is 0 Å². The molecule has 1 aromatic rings. The Morgan fingerprint density at radius 2 is 1.95 bits per heavy atom. The fraction of sp³-hybridized carbons (Fsp3) is 0.857. The lowest BCUT2D eigenvalue weighted by Crippen LogP contribution is -2.27. The second-order valence-electron chi connectivity index (χ2n) is 5.88. The molecular formula is C14H29N5. The number of nitrogens with one attached hydrogen (secondary N) is 1. The molecule has 0 saturated carbocycles. The molecule has 5 heteroatoms. The average Bonchev–Trinajstić information content (AvgIpc) is 2.82. The van der Waals surface area contributed by atoms with Gasteiger partial charge in [-0.15, -0.1) is 5.10 Å². The summed E-state index contributed by atoms with van der Waals surface area (Å²) in [6.45, 7) is 16.1. The molecule has 0 amide bonds. The first-order chi connectivity index (χ1) is 8.97. The molecule has 0 aliphatic carbocycles. The van der Waals surface area contributed by atoms with Crippen molar-refractivity contribution in [3.8, 4) is 0 Å².